The predicted octanol–water partition coefficient (Wildman–Crippen LogP) is 2.46. The number of rotatable bonds is 5. The maximum atomic E-state index is 4.13. The van der Waals surface area contributed by atoms with E-state index in [0.717, 1.165) is 12.3 Å². The fraction of sp³-hybridized carbons (Fsp3) is 0.583. The molecule has 1 N–H and O–H groups in total. The van der Waals surface area contributed by atoms with Gasteiger partial charge in [0.1, 0.15) is 0 Å². The molecule has 0 unspecified atom stereocenters. The van der Waals surface area contributed by atoms with E-state index in [1.54, 1.807) is 11.8 Å². The molecule has 0 aliphatic carbocycles. The maximum absolute atomic E-state index is 4.13. The van der Waals surface area contributed by atoms with Crippen LogP contribution in [0.25, 0.3) is 0 Å². The average Bonchev–Trinajstić information content (AvgIpc) is 2.57. The van der Waals surface area contributed by atoms with Gasteiger partial charge in [-0.05, 0) is 20.8 Å². The second-order valence-electron chi connectivity index (χ2n) is 4.99. The fourth-order valence-electron chi connectivity index (χ4n) is 1.10. The van der Waals surface area contributed by atoms with E-state index in [1.807, 2.05) is 24.1 Å². The largest absolute Gasteiger partial charge is 0.308 e. The molecular weight excluding hydrogens is 218 g/mol. The van der Waals surface area contributed by atoms with Gasteiger partial charge in [-0.3, -0.25) is 4.68 Å². The van der Waals surface area contributed by atoms with Crippen molar-refractivity contribution in [2.45, 2.75) is 31.2 Å². The summed E-state index contributed by atoms with van der Waals surface area (Å²) in [6.45, 7) is 11.4. The predicted molar refractivity (Wildman–Crippen MR) is 70.8 cm³/mol. The van der Waals surface area contributed by atoms with Crippen LogP contribution >= 0.6 is 11.8 Å². The lowest BCUT2D eigenvalue weighted by molar-refractivity contribution is 0.445. The molecule has 1 aromatic heterocycles. The van der Waals surface area contributed by atoms with Gasteiger partial charge in [-0.2, -0.15) is 5.10 Å². The number of aromatic nitrogens is 2. The molecule has 0 aromatic carbocycles. The van der Waals surface area contributed by atoms with Gasteiger partial charge < -0.3 is 5.32 Å². The highest BCUT2D eigenvalue weighted by molar-refractivity contribution is 7.99. The zero-order chi connectivity index (χ0) is 12.2. The molecule has 0 bridgehead atoms. The van der Waals surface area contributed by atoms with Crippen molar-refractivity contribution in [3.63, 3.8) is 0 Å². The SMILES string of the molecule is C=C(CNC(C)(C)C)CSc1cnn(C)c1. The summed E-state index contributed by atoms with van der Waals surface area (Å²) in [6.07, 6.45) is 3.91. The van der Waals surface area contributed by atoms with Crippen molar-refractivity contribution in [3.8, 4) is 0 Å². The number of aryl methyl sites for hydroxylation is 1. The summed E-state index contributed by atoms with van der Waals surface area (Å²) in [6, 6.07) is 0. The van der Waals surface area contributed by atoms with E-state index in [-0.39, 0.29) is 5.54 Å². The molecule has 0 aliphatic rings. The van der Waals surface area contributed by atoms with Gasteiger partial charge in [-0.15, -0.1) is 11.8 Å². The van der Waals surface area contributed by atoms with Crippen LogP contribution in [0.2, 0.25) is 0 Å². The van der Waals surface area contributed by atoms with Crippen molar-refractivity contribution >= 4 is 11.8 Å². The Kier molecular flexibility index (Phi) is 4.62. The van der Waals surface area contributed by atoms with Gasteiger partial charge in [0.25, 0.3) is 0 Å². The first-order chi connectivity index (χ1) is 7.37. The zero-order valence-corrected chi connectivity index (χ0v) is 11.4. The Morgan fingerprint density at radius 3 is 2.75 bits per heavy atom. The Balaban J connectivity index is 2.25. The van der Waals surface area contributed by atoms with E-state index in [0.29, 0.717) is 0 Å². The first-order valence-corrected chi connectivity index (χ1v) is 6.38. The number of hydrogen-bond acceptors (Lipinski definition) is 3. The normalized spacial score (nSPS) is 11.8. The molecule has 0 atom stereocenters. The van der Waals surface area contributed by atoms with E-state index < -0.39 is 0 Å². The van der Waals surface area contributed by atoms with Crippen LogP contribution in [-0.2, 0) is 7.05 Å². The minimum atomic E-state index is 0.155. The molecule has 1 aromatic rings. The van der Waals surface area contributed by atoms with Crippen LogP contribution in [0.15, 0.2) is 29.4 Å². The van der Waals surface area contributed by atoms with E-state index in [4.69, 9.17) is 0 Å². The standard InChI is InChI=1S/C12H21N3S/c1-10(6-13-12(2,3)4)9-16-11-7-14-15(5)8-11/h7-8,13H,1,6,9H2,2-5H3. The average molecular weight is 239 g/mol. The molecule has 0 radical (unpaired) electrons. The number of thioether (sulfide) groups is 1. The van der Waals surface area contributed by atoms with Crippen LogP contribution in [0.5, 0.6) is 0 Å². The van der Waals surface area contributed by atoms with Gasteiger partial charge in [0, 0.05) is 36.0 Å². The van der Waals surface area contributed by atoms with Gasteiger partial charge >= 0.3 is 0 Å². The summed E-state index contributed by atoms with van der Waals surface area (Å²) in [5.41, 5.74) is 1.37. The van der Waals surface area contributed by atoms with E-state index >= 15 is 0 Å². The Bertz CT molecular complexity index is 349. The lowest BCUT2D eigenvalue weighted by atomic mass is 10.1. The van der Waals surface area contributed by atoms with Crippen molar-refractivity contribution in [3.05, 3.63) is 24.5 Å². The molecule has 0 saturated heterocycles. The number of nitrogens with zero attached hydrogens (tertiary/aromatic N) is 2. The van der Waals surface area contributed by atoms with E-state index in [1.165, 1.54) is 10.5 Å². The van der Waals surface area contributed by atoms with Gasteiger partial charge in [0.15, 0.2) is 0 Å². The Labute approximate surface area is 102 Å². The Morgan fingerprint density at radius 2 is 2.25 bits per heavy atom. The van der Waals surface area contributed by atoms with Crippen LogP contribution < -0.4 is 5.32 Å². The monoisotopic (exact) mass is 239 g/mol. The summed E-state index contributed by atoms with van der Waals surface area (Å²) in [4.78, 5) is 1.19. The summed E-state index contributed by atoms with van der Waals surface area (Å²) >= 11 is 1.78. The zero-order valence-electron chi connectivity index (χ0n) is 10.6. The molecule has 0 saturated carbocycles. The maximum Gasteiger partial charge on any atom is 0.0625 e. The molecule has 0 fully saturated rings. The smallest absolute Gasteiger partial charge is 0.0625 e. The molecule has 3 nitrogen and oxygen atoms in total. The molecule has 0 aliphatic heterocycles. The van der Waals surface area contributed by atoms with Crippen LogP contribution in [0.4, 0.5) is 0 Å². The van der Waals surface area contributed by atoms with Crippen molar-refractivity contribution in [2.24, 2.45) is 7.05 Å². The van der Waals surface area contributed by atoms with E-state index in [2.05, 4.69) is 37.8 Å². The third kappa shape index (κ3) is 5.37. The van der Waals surface area contributed by atoms with Crippen molar-refractivity contribution in [1.29, 1.82) is 0 Å². The Hall–Kier alpha value is -0.740. The third-order valence-electron chi connectivity index (χ3n) is 1.99. The number of nitrogens with one attached hydrogen (secondary N) is 1. The van der Waals surface area contributed by atoms with Gasteiger partial charge in [0.2, 0.25) is 0 Å². The summed E-state index contributed by atoms with van der Waals surface area (Å²) in [5, 5.41) is 7.56. The molecule has 0 amide bonds. The van der Waals surface area contributed by atoms with Crippen molar-refractivity contribution in [2.75, 3.05) is 12.3 Å². The van der Waals surface area contributed by atoms with Gasteiger partial charge in [0.05, 0.1) is 6.20 Å². The molecule has 1 heterocycles. The highest BCUT2D eigenvalue weighted by atomic mass is 32.2. The summed E-state index contributed by atoms with van der Waals surface area (Å²) in [7, 11) is 1.93. The minimum Gasteiger partial charge on any atom is -0.308 e. The third-order valence-corrected chi connectivity index (χ3v) is 3.09. The second-order valence-corrected chi connectivity index (χ2v) is 6.04. The van der Waals surface area contributed by atoms with Gasteiger partial charge in [-0.25, -0.2) is 0 Å². The second kappa shape index (κ2) is 5.55. The fourth-order valence-corrected chi connectivity index (χ4v) is 1.92. The summed E-state index contributed by atoms with van der Waals surface area (Å²) in [5.74, 6) is 0.939. The molecule has 16 heavy (non-hydrogen) atoms. The first kappa shape index (κ1) is 13.3. The van der Waals surface area contributed by atoms with E-state index in [9.17, 15) is 0 Å². The molecule has 1 rings (SSSR count). The highest BCUT2D eigenvalue weighted by Crippen LogP contribution is 2.18. The van der Waals surface area contributed by atoms with Crippen LogP contribution in [0, 0.1) is 0 Å². The molecule has 90 valence electrons. The Morgan fingerprint density at radius 1 is 1.56 bits per heavy atom. The lowest BCUT2D eigenvalue weighted by Gasteiger charge is -2.21. The molecule has 0 spiro atoms. The molecular formula is C12H21N3S. The van der Waals surface area contributed by atoms with Crippen molar-refractivity contribution in [1.82, 2.24) is 15.1 Å². The minimum absolute atomic E-state index is 0.155. The van der Waals surface area contributed by atoms with Gasteiger partial charge in [-0.1, -0.05) is 12.2 Å². The van der Waals surface area contributed by atoms with Crippen LogP contribution in [0.1, 0.15) is 20.8 Å². The van der Waals surface area contributed by atoms with Crippen LogP contribution in [0.3, 0.4) is 0 Å². The lowest BCUT2D eigenvalue weighted by Crippen LogP contribution is -2.37. The van der Waals surface area contributed by atoms with Crippen molar-refractivity contribution < 1.29 is 0 Å². The highest BCUT2D eigenvalue weighted by Gasteiger charge is 2.08. The van der Waals surface area contributed by atoms with Crippen LogP contribution in [-0.4, -0.2) is 27.6 Å². The quantitative estimate of drug-likeness (QED) is 0.632. The molecule has 4 heteroatoms. The first-order valence-electron chi connectivity index (χ1n) is 5.40. The number of hydrogen-bond donors (Lipinski definition) is 1. The summed E-state index contributed by atoms with van der Waals surface area (Å²) < 4.78 is 1.82. The topological polar surface area (TPSA) is 29.9 Å².